The number of aromatic hydroxyl groups is 1. The first-order valence-corrected chi connectivity index (χ1v) is 13.5. The number of nitrogens with one attached hydrogen (secondary N) is 2. The number of carbonyl (C=O) groups excluding carboxylic acids is 4. The summed E-state index contributed by atoms with van der Waals surface area (Å²) in [5.41, 5.74) is -5.11. The van der Waals surface area contributed by atoms with Crippen molar-refractivity contribution in [2.45, 2.75) is 43.3 Å². The number of urea groups is 1. The molecule has 12 nitrogen and oxygen atoms in total. The first-order valence-electron chi connectivity index (χ1n) is 13.5. The molecule has 0 spiro atoms. The van der Waals surface area contributed by atoms with Gasteiger partial charge in [0, 0.05) is 29.5 Å². The number of hydrogen-bond acceptors (Lipinski definition) is 9. The summed E-state index contributed by atoms with van der Waals surface area (Å²) in [4.78, 5) is 50.7. The van der Waals surface area contributed by atoms with Gasteiger partial charge in [0.15, 0.2) is 11.4 Å². The van der Waals surface area contributed by atoms with E-state index in [1.54, 1.807) is 5.32 Å². The molecule has 0 unspecified atom stereocenters. The zero-order valence-electron chi connectivity index (χ0n) is 23.6. The third-order valence-corrected chi connectivity index (χ3v) is 8.59. The predicted molar refractivity (Wildman–Crippen MR) is 147 cm³/mol. The number of anilines is 2. The predicted octanol–water partition coefficient (Wildman–Crippen LogP) is 3.64. The Kier molecular flexibility index (Phi) is 7.60. The molecule has 18 heteroatoms. The molecule has 0 heterocycles. The lowest BCUT2D eigenvalue weighted by molar-refractivity contribution is -0.160. The fraction of sp³-hybridized carbons (Fsp3) is 0.310. The monoisotopic (exact) mass is 671 g/mol. The lowest BCUT2D eigenvalue weighted by Crippen LogP contribution is -2.63. The minimum atomic E-state index is -5.21. The van der Waals surface area contributed by atoms with Crippen LogP contribution >= 0.6 is 0 Å². The largest absolute Gasteiger partial charge is 0.508 e. The molecule has 3 amide bonds. The molecule has 0 saturated heterocycles. The first-order chi connectivity index (χ1) is 21.6. The number of carbonyl (C=O) groups is 4. The van der Waals surface area contributed by atoms with E-state index < -0.39 is 128 Å². The van der Waals surface area contributed by atoms with E-state index in [2.05, 4.69) is 0 Å². The molecule has 0 bridgehead atoms. The van der Waals surface area contributed by atoms with Crippen molar-refractivity contribution < 1.29 is 71.1 Å². The van der Waals surface area contributed by atoms with Crippen LogP contribution in [-0.2, 0) is 26.7 Å². The number of primary amides is 1. The van der Waals surface area contributed by atoms with Crippen LogP contribution in [0.3, 0.4) is 0 Å². The van der Waals surface area contributed by atoms with Crippen molar-refractivity contribution in [3.8, 4) is 5.75 Å². The summed E-state index contributed by atoms with van der Waals surface area (Å²) >= 11 is 0. The Morgan fingerprint density at radius 3 is 2.06 bits per heavy atom. The van der Waals surface area contributed by atoms with Crippen LogP contribution in [0.2, 0.25) is 0 Å². The smallest absolute Gasteiger partial charge is 0.416 e. The molecule has 3 aliphatic rings. The van der Waals surface area contributed by atoms with Gasteiger partial charge in [-0.3, -0.25) is 14.4 Å². The number of halogens is 6. The number of alkyl halides is 6. The fourth-order valence-electron chi connectivity index (χ4n) is 6.41. The molecule has 2 aromatic rings. The Balaban J connectivity index is 1.54. The van der Waals surface area contributed by atoms with E-state index in [4.69, 9.17) is 5.73 Å². The van der Waals surface area contributed by atoms with Crippen LogP contribution in [0.4, 0.5) is 42.5 Å². The second kappa shape index (κ2) is 10.7. The number of phenols is 1. The molecule has 5 atom stereocenters. The van der Waals surface area contributed by atoms with Gasteiger partial charge in [-0.2, -0.15) is 26.3 Å². The average Bonchev–Trinajstić information content (AvgIpc) is 2.95. The highest BCUT2D eigenvalue weighted by atomic mass is 19.4. The number of nitrogens with two attached hydrogens (primary N) is 1. The zero-order valence-corrected chi connectivity index (χ0v) is 23.6. The summed E-state index contributed by atoms with van der Waals surface area (Å²) < 4.78 is 79.3. The van der Waals surface area contributed by atoms with Gasteiger partial charge >= 0.3 is 18.4 Å². The number of benzene rings is 2. The molecule has 0 radical (unpaired) electrons. The van der Waals surface area contributed by atoms with E-state index in [0.717, 1.165) is 6.07 Å². The SMILES string of the molecule is C[C@H]1c2ccc(NC(=O)Nc3cc(C(F)(F)F)cc(C(F)(F)F)c3)c(O)c2C(O)=C2C(=O)[C@]3(O)C(O)=C(C(N)=O)C(=O)C[C@@H]3[C@@H](O)[C@@H]21. The van der Waals surface area contributed by atoms with Gasteiger partial charge in [-0.05, 0) is 35.7 Å². The molecule has 1 fully saturated rings. The zero-order chi connectivity index (χ0) is 35.1. The van der Waals surface area contributed by atoms with E-state index in [-0.39, 0.29) is 23.8 Å². The molecule has 2 aromatic carbocycles. The van der Waals surface area contributed by atoms with Gasteiger partial charge in [-0.15, -0.1) is 0 Å². The van der Waals surface area contributed by atoms with Crippen LogP contribution in [0.15, 0.2) is 47.2 Å². The normalized spacial score (nSPS) is 26.0. The first kappa shape index (κ1) is 33.3. The minimum Gasteiger partial charge on any atom is -0.508 e. The standard InChI is InChI=1S/C29H23F6N3O9/c1-8-12-2-3-14(38-26(46)37-11-5-9(28(30,31)32)4-10(6-11)29(33,34)35)21(41)17(12)22(42)19-16(8)20(40)13-7-15(39)18(25(36)45)23(43)27(13,47)24(19)44/h2-6,8,13,16,20,40-43,47H,7H2,1H3,(H2,36,45)(H2,37,38,46)/t8-,13+,16+,20+,27+/m0/s1. The Bertz CT molecular complexity index is 1800. The molecule has 9 N–H and O–H groups in total. The van der Waals surface area contributed by atoms with Crippen molar-refractivity contribution in [1.29, 1.82) is 0 Å². The summed E-state index contributed by atoms with van der Waals surface area (Å²) in [5, 5.41) is 59.4. The topological polar surface area (TPSA) is 220 Å². The van der Waals surface area contributed by atoms with Gasteiger partial charge in [-0.25, -0.2) is 4.79 Å². The third-order valence-electron chi connectivity index (χ3n) is 8.59. The van der Waals surface area contributed by atoms with Gasteiger partial charge in [0.2, 0.25) is 5.78 Å². The number of aliphatic hydroxyl groups excluding tert-OH is 3. The highest BCUT2D eigenvalue weighted by molar-refractivity contribution is 6.23. The van der Waals surface area contributed by atoms with Gasteiger partial charge in [-0.1, -0.05) is 13.0 Å². The fourth-order valence-corrected chi connectivity index (χ4v) is 6.41. The minimum absolute atomic E-state index is 0.0735. The van der Waals surface area contributed by atoms with E-state index in [1.165, 1.54) is 13.0 Å². The number of aliphatic hydroxyl groups is 4. The summed E-state index contributed by atoms with van der Waals surface area (Å²) in [6.45, 7) is 1.44. The molecule has 1 saturated carbocycles. The molecular formula is C29H23F6N3O9. The van der Waals surface area contributed by atoms with Gasteiger partial charge in [0.25, 0.3) is 5.91 Å². The van der Waals surface area contributed by atoms with Crippen molar-refractivity contribution in [2.75, 3.05) is 10.6 Å². The number of fused-ring (bicyclic) bond motifs is 3. The highest BCUT2D eigenvalue weighted by Crippen LogP contribution is 2.56. The van der Waals surface area contributed by atoms with E-state index in [1.807, 2.05) is 5.32 Å². The van der Waals surface area contributed by atoms with E-state index in [0.29, 0.717) is 0 Å². The van der Waals surface area contributed by atoms with Crippen molar-refractivity contribution in [1.82, 2.24) is 0 Å². The lowest BCUT2D eigenvalue weighted by atomic mass is 9.55. The average molecular weight is 672 g/mol. The number of ketones is 2. The molecule has 3 aliphatic carbocycles. The maximum absolute atomic E-state index is 13.7. The molecule has 47 heavy (non-hydrogen) atoms. The maximum Gasteiger partial charge on any atom is 0.416 e. The van der Waals surface area contributed by atoms with Crippen molar-refractivity contribution >= 4 is 40.6 Å². The Labute approximate surface area is 258 Å². The molecule has 250 valence electrons. The molecule has 0 aromatic heterocycles. The molecule has 5 rings (SSSR count). The summed E-state index contributed by atoms with van der Waals surface area (Å²) in [6, 6.07) is 1.18. The van der Waals surface area contributed by atoms with Gasteiger partial charge < -0.3 is 41.9 Å². The van der Waals surface area contributed by atoms with Crippen LogP contribution in [-0.4, -0.2) is 60.7 Å². The van der Waals surface area contributed by atoms with Gasteiger partial charge in [0.1, 0.15) is 22.8 Å². The van der Waals surface area contributed by atoms with Gasteiger partial charge in [0.05, 0.1) is 28.5 Å². The number of phenolic OH excluding ortho intramolecular Hbond substituents is 1. The number of amides is 3. The lowest BCUT2D eigenvalue weighted by Gasteiger charge is -2.50. The van der Waals surface area contributed by atoms with Crippen LogP contribution in [0.5, 0.6) is 5.75 Å². The quantitative estimate of drug-likeness (QED) is 0.135. The Hall–Kier alpha value is -5.10. The van der Waals surface area contributed by atoms with Crippen LogP contribution < -0.4 is 16.4 Å². The summed E-state index contributed by atoms with van der Waals surface area (Å²) in [6.07, 6.45) is -13.0. The van der Waals surface area contributed by atoms with Crippen LogP contribution in [0.1, 0.15) is 41.5 Å². The second-order valence-electron chi connectivity index (χ2n) is 11.3. The second-order valence-corrected chi connectivity index (χ2v) is 11.3. The Morgan fingerprint density at radius 2 is 1.53 bits per heavy atom. The van der Waals surface area contributed by atoms with E-state index >= 15 is 0 Å². The molecule has 0 aliphatic heterocycles. The van der Waals surface area contributed by atoms with Crippen LogP contribution in [0.25, 0.3) is 5.76 Å². The number of Topliss-reactive ketones (excluding diaryl/α,β-unsaturated/α-hetero) is 2. The maximum atomic E-state index is 13.7. The van der Waals surface area contributed by atoms with Crippen molar-refractivity contribution in [2.24, 2.45) is 17.6 Å². The van der Waals surface area contributed by atoms with E-state index in [9.17, 15) is 71.1 Å². The summed E-state index contributed by atoms with van der Waals surface area (Å²) in [5.74, 6) is -11.4. The third kappa shape index (κ3) is 5.12. The van der Waals surface area contributed by atoms with Crippen molar-refractivity contribution in [3.63, 3.8) is 0 Å². The molecular weight excluding hydrogens is 648 g/mol. The number of rotatable bonds is 3. The van der Waals surface area contributed by atoms with Crippen LogP contribution in [0, 0.1) is 11.8 Å². The summed E-state index contributed by atoms with van der Waals surface area (Å²) in [7, 11) is 0. The van der Waals surface area contributed by atoms with Crippen molar-refractivity contribution in [3.05, 3.63) is 69.5 Å². The highest BCUT2D eigenvalue weighted by Gasteiger charge is 2.65. The Morgan fingerprint density at radius 1 is 0.957 bits per heavy atom. The number of hydrogen-bond donors (Lipinski definition) is 8.